The van der Waals surface area contributed by atoms with Gasteiger partial charge in [0.1, 0.15) is 0 Å². The Morgan fingerprint density at radius 1 is 1.71 bits per heavy atom. The first-order valence-electron chi connectivity index (χ1n) is 2.56. The van der Waals surface area contributed by atoms with Gasteiger partial charge in [-0.15, -0.1) is 0 Å². The fourth-order valence-electron chi connectivity index (χ4n) is 1.10. The maximum atomic E-state index is 10.3. The molecule has 0 saturated heterocycles. The number of amides is 1. The number of hydrogen-bond donors (Lipinski definition) is 1. The Morgan fingerprint density at radius 3 is 2.14 bits per heavy atom. The molecule has 2 nitrogen and oxygen atoms in total. The molecule has 7 heavy (non-hydrogen) atoms. The van der Waals surface area contributed by atoms with Crippen molar-refractivity contribution in [3.05, 3.63) is 0 Å². The molecule has 0 aromatic rings. The van der Waals surface area contributed by atoms with Crippen LogP contribution in [0.15, 0.2) is 0 Å². The van der Waals surface area contributed by atoms with Crippen LogP contribution in [0.1, 0.15) is 12.8 Å². The molecular weight excluding hydrogens is 90.1 g/mol. The van der Waals surface area contributed by atoms with E-state index in [1.165, 1.54) is 0 Å². The van der Waals surface area contributed by atoms with E-state index in [9.17, 15) is 4.79 Å². The molecule has 0 bridgehead atoms. The highest BCUT2D eigenvalue weighted by Gasteiger charge is 2.73. The van der Waals surface area contributed by atoms with Crippen molar-refractivity contribution in [2.75, 3.05) is 0 Å². The highest BCUT2D eigenvalue weighted by molar-refractivity contribution is 5.88. The maximum absolute atomic E-state index is 10.3. The fourth-order valence-corrected chi connectivity index (χ4v) is 1.10. The molecule has 2 aliphatic rings. The lowest BCUT2D eigenvalue weighted by Crippen LogP contribution is -2.17. The van der Waals surface area contributed by atoms with Crippen LogP contribution in [-0.2, 0) is 4.79 Å². The number of primary amides is 1. The van der Waals surface area contributed by atoms with E-state index in [4.69, 9.17) is 5.73 Å². The van der Waals surface area contributed by atoms with Gasteiger partial charge in [0.05, 0.1) is 5.41 Å². The minimum Gasteiger partial charge on any atom is -0.369 e. The first kappa shape index (κ1) is 3.47. The third-order valence-corrected chi connectivity index (χ3v) is 2.17. The van der Waals surface area contributed by atoms with E-state index in [0.717, 1.165) is 12.8 Å². The Morgan fingerprint density at radius 2 is 2.14 bits per heavy atom. The predicted molar refractivity (Wildman–Crippen MR) is 24.4 cm³/mol. The topological polar surface area (TPSA) is 43.1 Å². The van der Waals surface area contributed by atoms with Gasteiger partial charge in [-0.2, -0.15) is 0 Å². The zero-order valence-electron chi connectivity index (χ0n) is 3.98. The van der Waals surface area contributed by atoms with Crippen molar-refractivity contribution in [3.8, 4) is 0 Å². The minimum absolute atomic E-state index is 0.0556. The largest absolute Gasteiger partial charge is 0.369 e. The molecule has 1 amide bonds. The number of carbonyl (C=O) groups is 1. The van der Waals surface area contributed by atoms with Gasteiger partial charge < -0.3 is 5.73 Å². The minimum atomic E-state index is -0.0718. The second kappa shape index (κ2) is 0.602. The Labute approximate surface area is 41.7 Å². The van der Waals surface area contributed by atoms with E-state index in [1.54, 1.807) is 0 Å². The van der Waals surface area contributed by atoms with Crippen LogP contribution in [0.5, 0.6) is 0 Å². The van der Waals surface area contributed by atoms with Gasteiger partial charge in [0.2, 0.25) is 5.91 Å². The lowest BCUT2D eigenvalue weighted by molar-refractivity contribution is -0.121. The first-order chi connectivity index (χ1) is 3.26. The average Bonchev–Trinajstić information content (AvgIpc) is 2.04. The maximum Gasteiger partial charge on any atom is 0.223 e. The van der Waals surface area contributed by atoms with Crippen molar-refractivity contribution in [1.29, 1.82) is 0 Å². The predicted octanol–water partition coefficient (Wildman–Crippen LogP) is -0.118. The molecule has 0 unspecified atom stereocenters. The number of carbonyl (C=O) groups excluding carboxylic acids is 1. The van der Waals surface area contributed by atoms with Gasteiger partial charge in [-0.3, -0.25) is 4.79 Å². The smallest absolute Gasteiger partial charge is 0.223 e. The lowest BCUT2D eigenvalue weighted by atomic mass is 10.2. The molecule has 0 aliphatic heterocycles. The van der Waals surface area contributed by atoms with Crippen LogP contribution in [-0.4, -0.2) is 5.91 Å². The van der Waals surface area contributed by atoms with Crippen molar-refractivity contribution in [2.45, 2.75) is 12.8 Å². The number of hydrogen-bond acceptors (Lipinski definition) is 1. The van der Waals surface area contributed by atoms with Crippen LogP contribution in [0, 0.1) is 11.3 Å². The fraction of sp³-hybridized carbons (Fsp3) is 0.800. The molecule has 38 valence electrons. The van der Waals surface area contributed by atoms with Crippen LogP contribution < -0.4 is 5.73 Å². The molecule has 2 rings (SSSR count). The lowest BCUT2D eigenvalue weighted by Gasteiger charge is -1.89. The summed E-state index contributed by atoms with van der Waals surface area (Å²) < 4.78 is 0. The van der Waals surface area contributed by atoms with E-state index in [1.807, 2.05) is 0 Å². The second-order valence-electron chi connectivity index (χ2n) is 2.63. The van der Waals surface area contributed by atoms with Crippen molar-refractivity contribution >= 4 is 5.91 Å². The monoisotopic (exact) mass is 97.1 g/mol. The first-order valence-corrected chi connectivity index (χ1v) is 2.56. The SMILES string of the molecule is NC(=O)C12CC1C2. The summed E-state index contributed by atoms with van der Waals surface area (Å²) in [7, 11) is 0. The summed E-state index contributed by atoms with van der Waals surface area (Å²) >= 11 is 0. The van der Waals surface area contributed by atoms with Crippen LogP contribution >= 0.6 is 0 Å². The van der Waals surface area contributed by atoms with Crippen LogP contribution in [0.25, 0.3) is 0 Å². The highest BCUT2D eigenvalue weighted by Crippen LogP contribution is 2.74. The molecule has 0 heterocycles. The molecule has 2 fully saturated rings. The average molecular weight is 97.1 g/mol. The summed E-state index contributed by atoms with van der Waals surface area (Å²) in [6, 6.07) is 0. The van der Waals surface area contributed by atoms with Gasteiger partial charge in [-0.25, -0.2) is 0 Å². The Balaban J connectivity index is 2.22. The summed E-state index contributed by atoms with van der Waals surface area (Å²) in [4.78, 5) is 10.3. The van der Waals surface area contributed by atoms with E-state index in [2.05, 4.69) is 0 Å². The van der Waals surface area contributed by atoms with Crippen LogP contribution in [0.2, 0.25) is 0 Å². The van der Waals surface area contributed by atoms with Gasteiger partial charge in [0, 0.05) is 0 Å². The summed E-state index contributed by atoms with van der Waals surface area (Å²) in [5.74, 6) is 0.641. The van der Waals surface area contributed by atoms with Gasteiger partial charge in [0.25, 0.3) is 0 Å². The molecule has 0 aromatic heterocycles. The van der Waals surface area contributed by atoms with Crippen molar-refractivity contribution in [1.82, 2.24) is 0 Å². The van der Waals surface area contributed by atoms with Gasteiger partial charge >= 0.3 is 0 Å². The molecule has 2 heteroatoms. The van der Waals surface area contributed by atoms with E-state index in [0.29, 0.717) is 5.92 Å². The van der Waals surface area contributed by atoms with E-state index < -0.39 is 0 Å². The summed E-state index contributed by atoms with van der Waals surface area (Å²) in [5.41, 5.74) is 5.09. The molecule has 0 aromatic carbocycles. The van der Waals surface area contributed by atoms with Crippen molar-refractivity contribution < 1.29 is 4.79 Å². The van der Waals surface area contributed by atoms with E-state index >= 15 is 0 Å². The molecule has 0 radical (unpaired) electrons. The standard InChI is InChI=1S/C5H7NO/c6-4(7)5-1-3(5)2-5/h3H,1-2H2,(H2,6,7). The highest BCUT2D eigenvalue weighted by atomic mass is 16.1. The zero-order valence-corrected chi connectivity index (χ0v) is 3.98. The van der Waals surface area contributed by atoms with E-state index in [-0.39, 0.29) is 11.3 Å². The van der Waals surface area contributed by atoms with Crippen molar-refractivity contribution in [2.24, 2.45) is 17.1 Å². The molecule has 0 spiro atoms. The third-order valence-electron chi connectivity index (χ3n) is 2.17. The quantitative estimate of drug-likeness (QED) is 0.487. The molecule has 2 N–H and O–H groups in total. The van der Waals surface area contributed by atoms with Crippen molar-refractivity contribution in [3.63, 3.8) is 0 Å². The third kappa shape index (κ3) is 0.216. The van der Waals surface area contributed by atoms with Crippen LogP contribution in [0.4, 0.5) is 0 Å². The molecule has 2 saturated carbocycles. The number of rotatable bonds is 1. The Kier molecular flexibility index (Phi) is 0.299. The van der Waals surface area contributed by atoms with Gasteiger partial charge in [-0.05, 0) is 18.8 Å². The second-order valence-corrected chi connectivity index (χ2v) is 2.63. The number of nitrogens with two attached hydrogens (primary N) is 1. The molecule has 0 atom stereocenters. The normalized spacial score (nSPS) is 52.9. The Hall–Kier alpha value is -0.530. The molecular formula is C5H7NO. The number of fused-ring (bicyclic) bond motifs is 1. The zero-order chi connectivity index (χ0) is 5.07. The molecule has 2 aliphatic carbocycles. The van der Waals surface area contributed by atoms with Crippen LogP contribution in [0.3, 0.4) is 0 Å². The summed E-state index contributed by atoms with van der Waals surface area (Å²) in [6.07, 6.45) is 2.17. The summed E-state index contributed by atoms with van der Waals surface area (Å²) in [6.45, 7) is 0. The van der Waals surface area contributed by atoms with Gasteiger partial charge in [-0.1, -0.05) is 0 Å². The summed E-state index contributed by atoms with van der Waals surface area (Å²) in [5, 5.41) is 0. The Bertz CT molecular complexity index is 135. The van der Waals surface area contributed by atoms with Gasteiger partial charge in [0.15, 0.2) is 0 Å².